The number of fused-ring (bicyclic) bond motifs is 1. The summed E-state index contributed by atoms with van der Waals surface area (Å²) >= 11 is 13.6. The van der Waals surface area contributed by atoms with Crippen molar-refractivity contribution in [2.45, 2.75) is 4.90 Å². The second-order valence-electron chi connectivity index (χ2n) is 4.08. The molecule has 94 valence electrons. The molecule has 3 rings (SSSR count). The van der Waals surface area contributed by atoms with Crippen LogP contribution in [0.15, 0.2) is 52.3 Å². The normalized spacial score (nSPS) is 15.9. The predicted molar refractivity (Wildman–Crippen MR) is 81.1 cm³/mol. The lowest BCUT2D eigenvalue weighted by Crippen LogP contribution is -1.93. The summed E-state index contributed by atoms with van der Waals surface area (Å²) in [5.41, 5.74) is 1.51. The highest BCUT2D eigenvalue weighted by Gasteiger charge is 2.25. The smallest absolute Gasteiger partial charge is 0.200 e. The Morgan fingerprint density at radius 3 is 2.58 bits per heavy atom. The highest BCUT2D eigenvalue weighted by atomic mass is 35.5. The second kappa shape index (κ2) is 5.04. The summed E-state index contributed by atoms with van der Waals surface area (Å²) in [7, 11) is 0. The summed E-state index contributed by atoms with van der Waals surface area (Å²) in [5.74, 6) is 0.0386. The standard InChI is InChI=1S/C15H8Cl2OS/c16-11-6-3-4-9(14(11)17)8-13-15(18)10-5-1-2-7-12(10)19-13/h1-8H/b13-8+. The van der Waals surface area contributed by atoms with Gasteiger partial charge in [-0.2, -0.15) is 0 Å². The Bertz CT molecular complexity index is 707. The Balaban J connectivity index is 2.04. The molecular weight excluding hydrogens is 299 g/mol. The van der Waals surface area contributed by atoms with E-state index in [4.69, 9.17) is 23.2 Å². The molecule has 2 aromatic carbocycles. The maximum absolute atomic E-state index is 12.2. The zero-order valence-corrected chi connectivity index (χ0v) is 12.0. The summed E-state index contributed by atoms with van der Waals surface area (Å²) in [5, 5.41) is 0.963. The summed E-state index contributed by atoms with van der Waals surface area (Å²) < 4.78 is 0. The van der Waals surface area contributed by atoms with Gasteiger partial charge >= 0.3 is 0 Å². The van der Waals surface area contributed by atoms with Gasteiger partial charge in [-0.15, -0.1) is 0 Å². The van der Waals surface area contributed by atoms with Crippen molar-refractivity contribution in [2.75, 3.05) is 0 Å². The van der Waals surface area contributed by atoms with Crippen LogP contribution in [0.2, 0.25) is 10.0 Å². The Morgan fingerprint density at radius 1 is 1.00 bits per heavy atom. The van der Waals surface area contributed by atoms with E-state index in [0.29, 0.717) is 15.0 Å². The van der Waals surface area contributed by atoms with E-state index in [1.807, 2.05) is 36.4 Å². The molecule has 0 spiro atoms. The van der Waals surface area contributed by atoms with Crippen molar-refractivity contribution < 1.29 is 4.79 Å². The van der Waals surface area contributed by atoms with Crippen molar-refractivity contribution in [1.82, 2.24) is 0 Å². The average Bonchev–Trinajstić information content (AvgIpc) is 2.73. The van der Waals surface area contributed by atoms with Crippen LogP contribution in [0.25, 0.3) is 6.08 Å². The molecule has 0 aromatic heterocycles. The maximum Gasteiger partial charge on any atom is 0.200 e. The van der Waals surface area contributed by atoms with Gasteiger partial charge in [-0.1, -0.05) is 59.2 Å². The highest BCUT2D eigenvalue weighted by Crippen LogP contribution is 2.41. The number of ketones is 1. The molecule has 1 heterocycles. The third kappa shape index (κ3) is 2.32. The number of hydrogen-bond acceptors (Lipinski definition) is 2. The zero-order valence-electron chi connectivity index (χ0n) is 9.69. The van der Waals surface area contributed by atoms with Gasteiger partial charge in [0.1, 0.15) is 0 Å². The number of carbonyl (C=O) groups excluding carboxylic acids is 1. The number of thioether (sulfide) groups is 1. The minimum atomic E-state index is 0.0386. The van der Waals surface area contributed by atoms with Gasteiger partial charge in [0.05, 0.1) is 15.0 Å². The average molecular weight is 307 g/mol. The van der Waals surface area contributed by atoms with E-state index in [0.717, 1.165) is 16.0 Å². The molecule has 0 amide bonds. The highest BCUT2D eigenvalue weighted by molar-refractivity contribution is 8.04. The molecule has 0 aliphatic carbocycles. The quantitative estimate of drug-likeness (QED) is 0.663. The molecule has 1 aliphatic heterocycles. The van der Waals surface area contributed by atoms with Crippen LogP contribution in [0.3, 0.4) is 0 Å². The van der Waals surface area contributed by atoms with Crippen molar-refractivity contribution in [3.63, 3.8) is 0 Å². The molecule has 0 atom stereocenters. The van der Waals surface area contributed by atoms with E-state index in [9.17, 15) is 4.79 Å². The number of hydrogen-bond donors (Lipinski definition) is 0. The van der Waals surface area contributed by atoms with Crippen molar-refractivity contribution in [1.29, 1.82) is 0 Å². The van der Waals surface area contributed by atoms with Crippen LogP contribution < -0.4 is 0 Å². The first-order chi connectivity index (χ1) is 9.16. The first kappa shape index (κ1) is 12.8. The van der Waals surface area contributed by atoms with Crippen LogP contribution in [-0.4, -0.2) is 5.78 Å². The largest absolute Gasteiger partial charge is 0.288 e. The molecule has 19 heavy (non-hydrogen) atoms. The summed E-state index contributed by atoms with van der Waals surface area (Å²) in [6.45, 7) is 0. The van der Waals surface area contributed by atoms with Gasteiger partial charge in [0.2, 0.25) is 5.78 Å². The van der Waals surface area contributed by atoms with E-state index in [1.54, 1.807) is 12.1 Å². The molecule has 0 saturated heterocycles. The number of Topliss-reactive ketones (excluding diaryl/α,β-unsaturated/α-hetero) is 1. The lowest BCUT2D eigenvalue weighted by Gasteiger charge is -2.01. The molecule has 0 fully saturated rings. The van der Waals surface area contributed by atoms with Crippen molar-refractivity contribution in [2.24, 2.45) is 0 Å². The molecule has 1 nitrogen and oxygen atoms in total. The molecule has 2 aromatic rings. The molecule has 0 saturated carbocycles. The molecule has 4 heteroatoms. The SMILES string of the molecule is O=C1/C(=C\c2cccc(Cl)c2Cl)Sc2ccccc21. The van der Waals surface area contributed by atoms with Gasteiger partial charge in [-0.25, -0.2) is 0 Å². The fourth-order valence-corrected chi connectivity index (χ4v) is 3.31. The van der Waals surface area contributed by atoms with Crippen molar-refractivity contribution in [3.05, 3.63) is 68.5 Å². The van der Waals surface area contributed by atoms with E-state index >= 15 is 0 Å². The van der Waals surface area contributed by atoms with E-state index < -0.39 is 0 Å². The van der Waals surface area contributed by atoms with Gasteiger partial charge in [-0.05, 0) is 29.8 Å². The molecule has 0 N–H and O–H groups in total. The van der Waals surface area contributed by atoms with E-state index in [2.05, 4.69) is 0 Å². The van der Waals surface area contributed by atoms with Crippen molar-refractivity contribution in [3.8, 4) is 0 Å². The number of halogens is 2. The molecule has 0 radical (unpaired) electrons. The van der Waals surface area contributed by atoms with Gasteiger partial charge < -0.3 is 0 Å². The van der Waals surface area contributed by atoms with Crippen LogP contribution in [0.1, 0.15) is 15.9 Å². The van der Waals surface area contributed by atoms with Crippen LogP contribution in [0.4, 0.5) is 0 Å². The zero-order chi connectivity index (χ0) is 13.4. The van der Waals surface area contributed by atoms with Crippen LogP contribution in [0, 0.1) is 0 Å². The maximum atomic E-state index is 12.2. The summed E-state index contributed by atoms with van der Waals surface area (Å²) in [6, 6.07) is 13.0. The molecule has 1 aliphatic rings. The third-order valence-corrected chi connectivity index (χ3v) is 4.78. The minimum absolute atomic E-state index is 0.0386. The van der Waals surface area contributed by atoms with Gasteiger partial charge in [0, 0.05) is 10.5 Å². The lowest BCUT2D eigenvalue weighted by atomic mass is 10.1. The Hall–Kier alpha value is -1.22. The van der Waals surface area contributed by atoms with Gasteiger partial charge in [0.15, 0.2) is 0 Å². The number of benzene rings is 2. The summed E-state index contributed by atoms with van der Waals surface area (Å²) in [6.07, 6.45) is 1.79. The topological polar surface area (TPSA) is 17.1 Å². The number of carbonyl (C=O) groups is 1. The number of rotatable bonds is 1. The molecular formula is C15H8Cl2OS. The molecule has 0 bridgehead atoms. The molecule has 0 unspecified atom stereocenters. The predicted octanol–water partition coefficient (Wildman–Crippen LogP) is 5.32. The first-order valence-corrected chi connectivity index (χ1v) is 7.21. The van der Waals surface area contributed by atoms with Gasteiger partial charge in [-0.3, -0.25) is 4.79 Å². The van der Waals surface area contributed by atoms with Crippen molar-refractivity contribution >= 4 is 46.8 Å². The van der Waals surface area contributed by atoms with Crippen LogP contribution >= 0.6 is 35.0 Å². The van der Waals surface area contributed by atoms with E-state index in [-0.39, 0.29) is 5.78 Å². The Kier molecular flexibility index (Phi) is 3.40. The lowest BCUT2D eigenvalue weighted by molar-refractivity contribution is 0.104. The number of allylic oxidation sites excluding steroid dienone is 1. The fraction of sp³-hybridized carbons (Fsp3) is 0. The van der Waals surface area contributed by atoms with E-state index in [1.165, 1.54) is 11.8 Å². The van der Waals surface area contributed by atoms with Crippen LogP contribution in [-0.2, 0) is 0 Å². The summed E-state index contributed by atoms with van der Waals surface area (Å²) in [4.78, 5) is 13.9. The monoisotopic (exact) mass is 306 g/mol. The van der Waals surface area contributed by atoms with Gasteiger partial charge in [0.25, 0.3) is 0 Å². The Labute approximate surface area is 125 Å². The third-order valence-electron chi connectivity index (χ3n) is 2.84. The first-order valence-electron chi connectivity index (χ1n) is 5.64. The minimum Gasteiger partial charge on any atom is -0.288 e. The fourth-order valence-electron chi connectivity index (χ4n) is 1.91. The van der Waals surface area contributed by atoms with Crippen LogP contribution in [0.5, 0.6) is 0 Å². The second-order valence-corrected chi connectivity index (χ2v) is 5.95. The Morgan fingerprint density at radius 2 is 1.79 bits per heavy atom.